The van der Waals surface area contributed by atoms with E-state index in [-0.39, 0.29) is 30.7 Å². The summed E-state index contributed by atoms with van der Waals surface area (Å²) in [7, 11) is 0. The zero-order chi connectivity index (χ0) is 15.6. The molecule has 0 saturated carbocycles. The summed E-state index contributed by atoms with van der Waals surface area (Å²) in [5.74, 6) is 2.55. The molecule has 2 saturated heterocycles. The van der Waals surface area contributed by atoms with Gasteiger partial charge >= 0.3 is 0 Å². The molecule has 3 heterocycles. The van der Waals surface area contributed by atoms with Crippen LogP contribution in [-0.2, 0) is 0 Å². The first-order valence-corrected chi connectivity index (χ1v) is 7.98. The second kappa shape index (κ2) is 8.52. The van der Waals surface area contributed by atoms with Gasteiger partial charge < -0.3 is 15.0 Å². The molecule has 2 aliphatic rings. The molecular formula is C18H21Cl2N3O2. The fourth-order valence-corrected chi connectivity index (χ4v) is 3.40. The van der Waals surface area contributed by atoms with Gasteiger partial charge in [0.1, 0.15) is 17.2 Å². The maximum atomic E-state index is 12.7. The summed E-state index contributed by atoms with van der Waals surface area (Å²) in [6.07, 6.45) is 1.63. The molecule has 2 aliphatic heterocycles. The molecular weight excluding hydrogens is 361 g/mol. The number of benzene rings is 1. The molecule has 0 spiro atoms. The van der Waals surface area contributed by atoms with Crippen molar-refractivity contribution in [1.82, 2.24) is 15.2 Å². The van der Waals surface area contributed by atoms with Crippen molar-refractivity contribution in [2.75, 3.05) is 26.2 Å². The molecule has 2 atom stereocenters. The number of pyridine rings is 1. The molecule has 5 nitrogen and oxygen atoms in total. The molecule has 1 aromatic carbocycles. The number of carbonyl (C=O) groups is 1. The highest BCUT2D eigenvalue weighted by atomic mass is 35.5. The van der Waals surface area contributed by atoms with Gasteiger partial charge in [0.05, 0.1) is 0 Å². The third-order valence-electron chi connectivity index (χ3n) is 4.61. The van der Waals surface area contributed by atoms with Crippen LogP contribution >= 0.6 is 24.8 Å². The van der Waals surface area contributed by atoms with Gasteiger partial charge in [-0.25, -0.2) is 0 Å². The smallest absolute Gasteiger partial charge is 0.272 e. The minimum Gasteiger partial charge on any atom is -0.457 e. The first-order valence-electron chi connectivity index (χ1n) is 7.98. The predicted molar refractivity (Wildman–Crippen MR) is 101 cm³/mol. The molecule has 0 radical (unpaired) electrons. The largest absolute Gasteiger partial charge is 0.457 e. The van der Waals surface area contributed by atoms with Crippen molar-refractivity contribution < 1.29 is 9.53 Å². The Labute approximate surface area is 159 Å². The lowest BCUT2D eigenvalue weighted by molar-refractivity contribution is 0.0775. The van der Waals surface area contributed by atoms with Crippen LogP contribution in [0, 0.1) is 11.8 Å². The van der Waals surface area contributed by atoms with Gasteiger partial charge in [-0.15, -0.1) is 24.8 Å². The van der Waals surface area contributed by atoms with Gasteiger partial charge in [-0.2, -0.15) is 0 Å². The molecule has 4 rings (SSSR count). The van der Waals surface area contributed by atoms with E-state index in [0.29, 0.717) is 23.3 Å². The van der Waals surface area contributed by atoms with Crippen molar-refractivity contribution >= 4 is 30.7 Å². The SMILES string of the molecule is Cl.Cl.O=C(c1cc(Oc2ccccc2)ccn1)N1C[C@H]2CNC[C@H]2C1. The van der Waals surface area contributed by atoms with E-state index in [2.05, 4.69) is 10.3 Å². The highest BCUT2D eigenvalue weighted by Crippen LogP contribution is 2.28. The number of amides is 1. The van der Waals surface area contributed by atoms with Crippen molar-refractivity contribution in [3.63, 3.8) is 0 Å². The molecule has 2 fully saturated rings. The van der Waals surface area contributed by atoms with Crippen molar-refractivity contribution in [2.24, 2.45) is 11.8 Å². The number of aromatic nitrogens is 1. The summed E-state index contributed by atoms with van der Waals surface area (Å²) >= 11 is 0. The summed E-state index contributed by atoms with van der Waals surface area (Å²) in [5, 5.41) is 3.39. The van der Waals surface area contributed by atoms with Crippen LogP contribution < -0.4 is 10.1 Å². The Kier molecular flexibility index (Phi) is 6.64. The van der Waals surface area contributed by atoms with Gasteiger partial charge in [0.2, 0.25) is 0 Å². The van der Waals surface area contributed by atoms with E-state index >= 15 is 0 Å². The van der Waals surface area contributed by atoms with Crippen molar-refractivity contribution in [1.29, 1.82) is 0 Å². The molecule has 0 aliphatic carbocycles. The molecule has 25 heavy (non-hydrogen) atoms. The number of rotatable bonds is 3. The Balaban J connectivity index is 0.00000113. The fraction of sp³-hybridized carbons (Fsp3) is 0.333. The number of carbonyl (C=O) groups excluding carboxylic acids is 1. The topological polar surface area (TPSA) is 54.5 Å². The average Bonchev–Trinajstić information content (AvgIpc) is 3.17. The van der Waals surface area contributed by atoms with Crippen LogP contribution in [0.5, 0.6) is 11.5 Å². The predicted octanol–water partition coefficient (Wildman–Crippen LogP) is 3.01. The maximum Gasteiger partial charge on any atom is 0.272 e. The molecule has 0 bridgehead atoms. The summed E-state index contributed by atoms with van der Waals surface area (Å²) in [6, 6.07) is 13.0. The van der Waals surface area contributed by atoms with E-state index in [1.165, 1.54) is 0 Å². The molecule has 134 valence electrons. The zero-order valence-corrected chi connectivity index (χ0v) is 15.3. The maximum absolute atomic E-state index is 12.7. The number of ether oxygens (including phenoxy) is 1. The fourth-order valence-electron chi connectivity index (χ4n) is 3.40. The Morgan fingerprint density at radius 3 is 2.40 bits per heavy atom. The molecule has 1 N–H and O–H groups in total. The molecule has 1 amide bonds. The van der Waals surface area contributed by atoms with Crippen LogP contribution in [0.3, 0.4) is 0 Å². The Morgan fingerprint density at radius 1 is 1.04 bits per heavy atom. The normalized spacial score (nSPS) is 21.0. The van der Waals surface area contributed by atoms with Gasteiger partial charge in [-0.05, 0) is 30.0 Å². The van der Waals surface area contributed by atoms with Crippen LogP contribution in [0.15, 0.2) is 48.7 Å². The molecule has 7 heteroatoms. The number of para-hydroxylation sites is 1. The van der Waals surface area contributed by atoms with E-state index in [1.54, 1.807) is 18.3 Å². The summed E-state index contributed by atoms with van der Waals surface area (Å²) < 4.78 is 5.79. The first kappa shape index (κ1) is 19.5. The molecule has 1 aromatic heterocycles. The number of hydrogen-bond acceptors (Lipinski definition) is 4. The third kappa shape index (κ3) is 4.24. The van der Waals surface area contributed by atoms with E-state index in [4.69, 9.17) is 4.74 Å². The number of halogens is 2. The van der Waals surface area contributed by atoms with E-state index in [1.807, 2.05) is 35.2 Å². The van der Waals surface area contributed by atoms with Gasteiger partial charge in [-0.1, -0.05) is 18.2 Å². The Hall–Kier alpha value is -1.82. The Morgan fingerprint density at radius 2 is 1.72 bits per heavy atom. The summed E-state index contributed by atoms with van der Waals surface area (Å²) in [4.78, 5) is 18.8. The van der Waals surface area contributed by atoms with Crippen LogP contribution in [0.2, 0.25) is 0 Å². The number of fused-ring (bicyclic) bond motifs is 1. The second-order valence-corrected chi connectivity index (χ2v) is 6.18. The second-order valence-electron chi connectivity index (χ2n) is 6.18. The first-order chi connectivity index (χ1) is 11.3. The van der Waals surface area contributed by atoms with Crippen LogP contribution in [0.4, 0.5) is 0 Å². The number of hydrogen-bond donors (Lipinski definition) is 1. The standard InChI is InChI=1S/C18H19N3O2.2ClH/c22-18(21-11-13-9-19-10-14(13)12-21)17-8-16(6-7-20-17)23-15-4-2-1-3-5-15;;/h1-8,13-14,19H,9-12H2;2*1H/t13-,14+;;. The van der Waals surface area contributed by atoms with Gasteiger partial charge in [0.15, 0.2) is 0 Å². The van der Waals surface area contributed by atoms with Crippen LogP contribution in [0.1, 0.15) is 10.5 Å². The van der Waals surface area contributed by atoms with Gasteiger partial charge in [-0.3, -0.25) is 9.78 Å². The van der Waals surface area contributed by atoms with Crippen molar-refractivity contribution in [3.8, 4) is 11.5 Å². The monoisotopic (exact) mass is 381 g/mol. The average molecular weight is 382 g/mol. The van der Waals surface area contributed by atoms with E-state index in [0.717, 1.165) is 31.9 Å². The lowest BCUT2D eigenvalue weighted by Gasteiger charge is -2.17. The summed E-state index contributed by atoms with van der Waals surface area (Å²) in [6.45, 7) is 3.67. The number of nitrogens with one attached hydrogen (secondary N) is 1. The highest BCUT2D eigenvalue weighted by molar-refractivity contribution is 5.92. The van der Waals surface area contributed by atoms with Crippen LogP contribution in [-0.4, -0.2) is 42.0 Å². The Bertz CT molecular complexity index is 702. The van der Waals surface area contributed by atoms with Crippen LogP contribution in [0.25, 0.3) is 0 Å². The number of nitrogens with zero attached hydrogens (tertiary/aromatic N) is 2. The van der Waals surface area contributed by atoms with Crippen molar-refractivity contribution in [2.45, 2.75) is 0 Å². The quantitative estimate of drug-likeness (QED) is 0.887. The van der Waals surface area contributed by atoms with E-state index in [9.17, 15) is 4.79 Å². The molecule has 0 unspecified atom stereocenters. The van der Waals surface area contributed by atoms with Gasteiger partial charge in [0.25, 0.3) is 5.91 Å². The third-order valence-corrected chi connectivity index (χ3v) is 4.61. The van der Waals surface area contributed by atoms with Gasteiger partial charge in [0, 0.05) is 38.4 Å². The summed E-state index contributed by atoms with van der Waals surface area (Å²) in [5.41, 5.74) is 0.450. The van der Waals surface area contributed by atoms with Crippen molar-refractivity contribution in [3.05, 3.63) is 54.4 Å². The lowest BCUT2D eigenvalue weighted by Crippen LogP contribution is -2.32. The zero-order valence-electron chi connectivity index (χ0n) is 13.6. The number of likely N-dealkylation sites (tertiary alicyclic amines) is 1. The highest BCUT2D eigenvalue weighted by Gasteiger charge is 2.38. The molecule has 2 aromatic rings. The minimum atomic E-state index is -0.00193. The minimum absolute atomic E-state index is 0. The van der Waals surface area contributed by atoms with E-state index < -0.39 is 0 Å². The lowest BCUT2D eigenvalue weighted by atomic mass is 10.0.